The summed E-state index contributed by atoms with van der Waals surface area (Å²) in [7, 11) is 3.11. The number of methoxy groups -OCH3 is 2. The lowest BCUT2D eigenvalue weighted by atomic mass is 10.1. The lowest BCUT2D eigenvalue weighted by Gasteiger charge is -2.19. The Morgan fingerprint density at radius 1 is 1.10 bits per heavy atom. The second-order valence-corrected chi connectivity index (χ2v) is 7.52. The molecule has 0 aliphatic carbocycles. The highest BCUT2D eigenvalue weighted by Gasteiger charge is 2.24. The van der Waals surface area contributed by atoms with Crippen LogP contribution in [0.3, 0.4) is 0 Å². The van der Waals surface area contributed by atoms with Gasteiger partial charge in [-0.15, -0.1) is 0 Å². The highest BCUT2D eigenvalue weighted by molar-refractivity contribution is 7.22. The van der Waals surface area contributed by atoms with Crippen molar-refractivity contribution in [1.29, 1.82) is 0 Å². The van der Waals surface area contributed by atoms with Crippen LogP contribution in [0.4, 0.5) is 5.13 Å². The van der Waals surface area contributed by atoms with Crippen molar-refractivity contribution in [3.8, 4) is 11.5 Å². The molecule has 0 spiro atoms. The molecule has 6 nitrogen and oxygen atoms in total. The molecule has 1 amide bonds. The quantitative estimate of drug-likeness (QED) is 0.446. The summed E-state index contributed by atoms with van der Waals surface area (Å²) in [5.74, 6) is 1.54. The summed E-state index contributed by atoms with van der Waals surface area (Å²) < 4.78 is 17.1. The van der Waals surface area contributed by atoms with Crippen LogP contribution < -0.4 is 14.4 Å². The van der Waals surface area contributed by atoms with E-state index in [4.69, 9.17) is 13.9 Å². The van der Waals surface area contributed by atoms with Crippen LogP contribution in [-0.2, 0) is 6.54 Å². The second kappa shape index (κ2) is 7.97. The number of carbonyl (C=O) groups is 1. The Balaban J connectivity index is 1.76. The standard InChI is InChI=1S/C22H20N2O4S/c1-14-6-8-17-20(11-14)29-22(23-17)24(13-16-5-4-10-28-16)21(25)15-7-9-18(26-2)19(12-15)27-3/h4-12H,13H2,1-3H3. The molecule has 0 atom stereocenters. The Bertz CT molecular complexity index is 1150. The zero-order valence-electron chi connectivity index (χ0n) is 16.3. The predicted octanol–water partition coefficient (Wildman–Crippen LogP) is 5.06. The lowest BCUT2D eigenvalue weighted by Crippen LogP contribution is -2.30. The van der Waals surface area contributed by atoms with Crippen molar-refractivity contribution in [2.24, 2.45) is 0 Å². The first-order valence-electron chi connectivity index (χ1n) is 9.02. The van der Waals surface area contributed by atoms with Crippen LogP contribution in [0.15, 0.2) is 59.2 Å². The minimum absolute atomic E-state index is 0.196. The van der Waals surface area contributed by atoms with Gasteiger partial charge in [0, 0.05) is 5.56 Å². The summed E-state index contributed by atoms with van der Waals surface area (Å²) >= 11 is 1.48. The van der Waals surface area contributed by atoms with Crippen LogP contribution in [0.1, 0.15) is 21.7 Å². The van der Waals surface area contributed by atoms with E-state index in [0.717, 1.165) is 15.8 Å². The van der Waals surface area contributed by atoms with Gasteiger partial charge in [0.15, 0.2) is 16.6 Å². The van der Waals surface area contributed by atoms with Crippen LogP contribution in [-0.4, -0.2) is 25.1 Å². The van der Waals surface area contributed by atoms with Crippen LogP contribution in [0.25, 0.3) is 10.2 Å². The maximum absolute atomic E-state index is 13.4. The highest BCUT2D eigenvalue weighted by atomic mass is 32.1. The third-order valence-electron chi connectivity index (χ3n) is 4.53. The van der Waals surface area contributed by atoms with E-state index in [9.17, 15) is 4.79 Å². The van der Waals surface area contributed by atoms with E-state index in [-0.39, 0.29) is 12.5 Å². The summed E-state index contributed by atoms with van der Waals surface area (Å²) in [6, 6.07) is 14.8. The molecular formula is C22H20N2O4S. The van der Waals surface area contributed by atoms with E-state index >= 15 is 0 Å². The Kier molecular flexibility index (Phi) is 5.22. The van der Waals surface area contributed by atoms with Gasteiger partial charge < -0.3 is 13.9 Å². The number of thiazole rings is 1. The van der Waals surface area contributed by atoms with Crippen molar-refractivity contribution in [2.75, 3.05) is 19.1 Å². The van der Waals surface area contributed by atoms with Crippen LogP contribution in [0.5, 0.6) is 11.5 Å². The molecule has 0 fully saturated rings. The zero-order chi connectivity index (χ0) is 20.4. The molecule has 0 unspecified atom stereocenters. The summed E-state index contributed by atoms with van der Waals surface area (Å²) in [4.78, 5) is 19.7. The molecule has 0 saturated heterocycles. The van der Waals surface area contributed by atoms with Crippen molar-refractivity contribution in [3.05, 3.63) is 71.7 Å². The topological polar surface area (TPSA) is 64.8 Å². The maximum atomic E-state index is 13.4. The number of hydrogen-bond donors (Lipinski definition) is 0. The summed E-state index contributed by atoms with van der Waals surface area (Å²) in [6.45, 7) is 2.31. The van der Waals surface area contributed by atoms with Crippen LogP contribution in [0, 0.1) is 6.92 Å². The number of fused-ring (bicyclic) bond motifs is 1. The molecule has 4 aromatic rings. The number of ether oxygens (including phenoxy) is 2. The molecule has 7 heteroatoms. The molecule has 148 valence electrons. The molecule has 0 saturated carbocycles. The third-order valence-corrected chi connectivity index (χ3v) is 5.57. The SMILES string of the molecule is COc1ccc(C(=O)N(Cc2ccco2)c2nc3ccc(C)cc3s2)cc1OC. The van der Waals surface area contributed by atoms with Crippen molar-refractivity contribution >= 4 is 32.6 Å². The normalized spacial score (nSPS) is 10.9. The number of benzene rings is 2. The molecule has 4 rings (SSSR count). The monoisotopic (exact) mass is 408 g/mol. The molecule has 0 N–H and O–H groups in total. The van der Waals surface area contributed by atoms with Gasteiger partial charge in [-0.25, -0.2) is 4.98 Å². The number of furan rings is 1. The number of rotatable bonds is 6. The Hall–Kier alpha value is -3.32. The Morgan fingerprint density at radius 3 is 2.66 bits per heavy atom. The van der Waals surface area contributed by atoms with E-state index in [1.807, 2.05) is 25.1 Å². The summed E-state index contributed by atoms with van der Waals surface area (Å²) in [5, 5.41) is 0.613. The van der Waals surface area contributed by atoms with Crippen LogP contribution >= 0.6 is 11.3 Å². The fraction of sp³-hybridized carbons (Fsp3) is 0.182. The zero-order valence-corrected chi connectivity index (χ0v) is 17.2. The number of nitrogens with zero attached hydrogens (tertiary/aromatic N) is 2. The highest BCUT2D eigenvalue weighted by Crippen LogP contribution is 2.33. The lowest BCUT2D eigenvalue weighted by molar-refractivity contribution is 0.0983. The van der Waals surface area contributed by atoms with Crippen LogP contribution in [0.2, 0.25) is 0 Å². The first-order valence-corrected chi connectivity index (χ1v) is 9.84. The molecule has 2 aromatic carbocycles. The van der Waals surface area contributed by atoms with E-state index < -0.39 is 0 Å². The second-order valence-electron chi connectivity index (χ2n) is 6.51. The van der Waals surface area contributed by atoms with Gasteiger partial charge in [0.1, 0.15) is 5.76 Å². The van der Waals surface area contributed by atoms with E-state index in [2.05, 4.69) is 11.1 Å². The van der Waals surface area contributed by atoms with Gasteiger partial charge >= 0.3 is 0 Å². The van der Waals surface area contributed by atoms with Gasteiger partial charge in [-0.05, 0) is 55.0 Å². The summed E-state index contributed by atoms with van der Waals surface area (Å²) in [5.41, 5.74) is 2.49. The van der Waals surface area contributed by atoms with Crippen molar-refractivity contribution in [1.82, 2.24) is 4.98 Å². The largest absolute Gasteiger partial charge is 0.493 e. The van der Waals surface area contributed by atoms with Gasteiger partial charge in [0.05, 0.1) is 37.2 Å². The van der Waals surface area contributed by atoms with Crippen molar-refractivity contribution in [2.45, 2.75) is 13.5 Å². The van der Waals surface area contributed by atoms with Gasteiger partial charge in [-0.3, -0.25) is 9.69 Å². The first kappa shape index (κ1) is 19.0. The van der Waals surface area contributed by atoms with Gasteiger partial charge in [0.2, 0.25) is 0 Å². The van der Waals surface area contributed by atoms with Gasteiger partial charge in [-0.2, -0.15) is 0 Å². The molecule has 29 heavy (non-hydrogen) atoms. The number of aromatic nitrogens is 1. The Morgan fingerprint density at radius 2 is 1.93 bits per heavy atom. The molecule has 2 aromatic heterocycles. The number of amides is 1. The van der Waals surface area contributed by atoms with Crippen molar-refractivity contribution < 1.29 is 18.7 Å². The fourth-order valence-electron chi connectivity index (χ4n) is 3.04. The summed E-state index contributed by atoms with van der Waals surface area (Å²) in [6.07, 6.45) is 1.59. The van der Waals surface area contributed by atoms with Crippen molar-refractivity contribution in [3.63, 3.8) is 0 Å². The third kappa shape index (κ3) is 3.82. The molecule has 0 aliphatic heterocycles. The van der Waals surface area contributed by atoms with E-state index in [1.54, 1.807) is 49.6 Å². The minimum Gasteiger partial charge on any atom is -0.493 e. The fourth-order valence-corrected chi connectivity index (χ4v) is 4.11. The molecule has 0 aliphatic rings. The number of aryl methyl sites for hydroxylation is 1. The molecule has 0 radical (unpaired) electrons. The number of anilines is 1. The number of hydrogen-bond acceptors (Lipinski definition) is 6. The predicted molar refractivity (Wildman–Crippen MR) is 113 cm³/mol. The first-order chi connectivity index (χ1) is 14.1. The average molecular weight is 408 g/mol. The molecule has 2 heterocycles. The minimum atomic E-state index is -0.196. The smallest absolute Gasteiger partial charge is 0.260 e. The van der Waals surface area contributed by atoms with E-state index in [0.29, 0.717) is 28.0 Å². The molecular weight excluding hydrogens is 388 g/mol. The molecule has 0 bridgehead atoms. The van der Waals surface area contributed by atoms with Gasteiger partial charge in [0.25, 0.3) is 5.91 Å². The Labute approximate surface area is 172 Å². The van der Waals surface area contributed by atoms with E-state index in [1.165, 1.54) is 11.3 Å². The van der Waals surface area contributed by atoms with Gasteiger partial charge in [-0.1, -0.05) is 17.4 Å². The maximum Gasteiger partial charge on any atom is 0.260 e. The number of carbonyl (C=O) groups excluding carboxylic acids is 1. The average Bonchev–Trinajstić information content (AvgIpc) is 3.40.